The van der Waals surface area contributed by atoms with Crippen molar-refractivity contribution in [2.24, 2.45) is 5.73 Å². The summed E-state index contributed by atoms with van der Waals surface area (Å²) in [6.45, 7) is 2.38. The van der Waals surface area contributed by atoms with Gasteiger partial charge in [-0.1, -0.05) is 26.2 Å². The number of thioether (sulfide) groups is 1. The summed E-state index contributed by atoms with van der Waals surface area (Å²) in [7, 11) is 0. The lowest BCUT2D eigenvalue weighted by atomic mass is 9.84. The maximum Gasteiger partial charge on any atom is 0.0246 e. The van der Waals surface area contributed by atoms with Crippen molar-refractivity contribution in [2.45, 2.75) is 62.2 Å². The van der Waals surface area contributed by atoms with E-state index in [4.69, 9.17) is 5.73 Å². The van der Waals surface area contributed by atoms with Gasteiger partial charge in [0.1, 0.15) is 0 Å². The second-order valence-electron chi connectivity index (χ2n) is 5.16. The summed E-state index contributed by atoms with van der Waals surface area (Å²) < 4.78 is 0.615. The molecule has 0 amide bonds. The zero-order chi connectivity index (χ0) is 9.36. The van der Waals surface area contributed by atoms with Crippen molar-refractivity contribution in [3.8, 4) is 0 Å². The molecule has 0 aliphatic heterocycles. The van der Waals surface area contributed by atoms with Crippen molar-refractivity contribution >= 4 is 11.8 Å². The second-order valence-corrected chi connectivity index (χ2v) is 6.72. The van der Waals surface area contributed by atoms with Gasteiger partial charge in [0.05, 0.1) is 0 Å². The van der Waals surface area contributed by atoms with E-state index >= 15 is 0 Å². The van der Waals surface area contributed by atoms with Crippen molar-refractivity contribution < 1.29 is 0 Å². The molecule has 0 aromatic heterocycles. The van der Waals surface area contributed by atoms with Gasteiger partial charge in [-0.2, -0.15) is 11.8 Å². The molecule has 0 bridgehead atoms. The highest BCUT2D eigenvalue weighted by Gasteiger charge is 2.40. The fourth-order valence-corrected chi connectivity index (χ4v) is 3.35. The van der Waals surface area contributed by atoms with Gasteiger partial charge >= 0.3 is 0 Å². The summed E-state index contributed by atoms with van der Waals surface area (Å²) in [5.41, 5.74) is 6.56. The molecular formula is C11H21NS. The Morgan fingerprint density at radius 1 is 1.08 bits per heavy atom. The maximum atomic E-state index is 6.37. The van der Waals surface area contributed by atoms with E-state index in [9.17, 15) is 0 Å². The van der Waals surface area contributed by atoms with E-state index in [2.05, 4.69) is 18.7 Å². The van der Waals surface area contributed by atoms with Gasteiger partial charge in [-0.25, -0.2) is 0 Å². The number of hydrogen-bond donors (Lipinski definition) is 1. The van der Waals surface area contributed by atoms with E-state index in [1.807, 2.05) is 0 Å². The van der Waals surface area contributed by atoms with Gasteiger partial charge in [-0.05, 0) is 25.7 Å². The van der Waals surface area contributed by atoms with Crippen LogP contribution in [0.4, 0.5) is 0 Å². The molecule has 0 saturated heterocycles. The summed E-state index contributed by atoms with van der Waals surface area (Å²) >= 11 is 2.13. The first kappa shape index (κ1) is 9.85. The lowest BCUT2D eigenvalue weighted by Crippen LogP contribution is -2.44. The Morgan fingerprint density at radius 3 is 2.23 bits per heavy atom. The van der Waals surface area contributed by atoms with Crippen LogP contribution < -0.4 is 5.73 Å². The average Bonchev–Trinajstić information content (AvgIpc) is 2.84. The summed E-state index contributed by atoms with van der Waals surface area (Å²) in [5.74, 6) is 1.20. The Morgan fingerprint density at radius 2 is 1.69 bits per heavy atom. The molecule has 0 atom stereocenters. The monoisotopic (exact) mass is 199 g/mol. The molecular weight excluding hydrogens is 178 g/mol. The molecule has 0 radical (unpaired) electrons. The van der Waals surface area contributed by atoms with Crippen LogP contribution in [0.2, 0.25) is 0 Å². The zero-order valence-electron chi connectivity index (χ0n) is 8.64. The van der Waals surface area contributed by atoms with E-state index in [1.165, 1.54) is 50.7 Å². The molecule has 2 fully saturated rings. The van der Waals surface area contributed by atoms with Crippen LogP contribution >= 0.6 is 11.8 Å². The Labute approximate surface area is 85.8 Å². The van der Waals surface area contributed by atoms with Gasteiger partial charge < -0.3 is 5.73 Å². The van der Waals surface area contributed by atoms with Crippen LogP contribution in [-0.2, 0) is 0 Å². The third kappa shape index (κ3) is 2.63. The minimum atomic E-state index is 0.189. The lowest BCUT2D eigenvalue weighted by Gasteiger charge is -2.34. The third-order valence-electron chi connectivity index (χ3n) is 3.51. The van der Waals surface area contributed by atoms with Gasteiger partial charge in [0.2, 0.25) is 0 Å². The van der Waals surface area contributed by atoms with Crippen molar-refractivity contribution in [1.29, 1.82) is 0 Å². The smallest absolute Gasteiger partial charge is 0.0246 e. The fourth-order valence-electron chi connectivity index (χ4n) is 2.04. The van der Waals surface area contributed by atoms with Gasteiger partial charge in [0, 0.05) is 16.0 Å². The molecule has 0 heterocycles. The molecule has 2 rings (SSSR count). The van der Waals surface area contributed by atoms with Crippen LogP contribution in [0.15, 0.2) is 0 Å². The molecule has 0 spiro atoms. The Bertz CT molecular complexity index is 181. The first-order chi connectivity index (χ1) is 6.12. The molecule has 0 unspecified atom stereocenters. The molecule has 0 aromatic rings. The van der Waals surface area contributed by atoms with E-state index in [0.717, 1.165) is 0 Å². The summed E-state index contributed by atoms with van der Waals surface area (Å²) in [6.07, 6.45) is 9.45. The van der Waals surface area contributed by atoms with Crippen molar-refractivity contribution in [2.75, 3.05) is 5.75 Å². The van der Waals surface area contributed by atoms with Crippen LogP contribution in [0.1, 0.15) is 51.9 Å². The normalized spacial score (nSPS) is 30.0. The molecule has 2 N–H and O–H groups in total. The number of nitrogens with two attached hydrogens (primary N) is 1. The number of hydrogen-bond acceptors (Lipinski definition) is 2. The zero-order valence-corrected chi connectivity index (χ0v) is 9.46. The molecule has 2 aliphatic carbocycles. The van der Waals surface area contributed by atoms with Crippen LogP contribution in [0, 0.1) is 0 Å². The van der Waals surface area contributed by atoms with E-state index in [1.54, 1.807) is 0 Å². The standard InChI is InChI=1S/C11H21NS/c1-10(7-8-10)13-9-11(12)5-3-2-4-6-11/h2-9,12H2,1H3. The van der Waals surface area contributed by atoms with Crippen LogP contribution in [0.25, 0.3) is 0 Å². The molecule has 76 valence electrons. The van der Waals surface area contributed by atoms with Crippen molar-refractivity contribution in [3.63, 3.8) is 0 Å². The molecule has 1 nitrogen and oxygen atoms in total. The van der Waals surface area contributed by atoms with Crippen molar-refractivity contribution in [3.05, 3.63) is 0 Å². The third-order valence-corrected chi connectivity index (χ3v) is 5.34. The van der Waals surface area contributed by atoms with Gasteiger partial charge in [-0.15, -0.1) is 0 Å². The molecule has 0 aromatic carbocycles. The Balaban J connectivity index is 1.77. The predicted molar refractivity (Wildman–Crippen MR) is 60.1 cm³/mol. The van der Waals surface area contributed by atoms with Gasteiger partial charge in [-0.3, -0.25) is 0 Å². The topological polar surface area (TPSA) is 26.0 Å². The minimum Gasteiger partial charge on any atom is -0.324 e. The van der Waals surface area contributed by atoms with E-state index in [-0.39, 0.29) is 5.54 Å². The summed E-state index contributed by atoms with van der Waals surface area (Å²) in [6, 6.07) is 0. The van der Waals surface area contributed by atoms with Gasteiger partial charge in [0.25, 0.3) is 0 Å². The van der Waals surface area contributed by atoms with Crippen LogP contribution in [0.5, 0.6) is 0 Å². The van der Waals surface area contributed by atoms with Gasteiger partial charge in [0.15, 0.2) is 0 Å². The molecule has 2 aliphatic rings. The lowest BCUT2D eigenvalue weighted by molar-refractivity contribution is 0.328. The van der Waals surface area contributed by atoms with E-state index < -0.39 is 0 Å². The molecule has 13 heavy (non-hydrogen) atoms. The summed E-state index contributed by atoms with van der Waals surface area (Å²) in [4.78, 5) is 0. The van der Waals surface area contributed by atoms with E-state index in [0.29, 0.717) is 4.75 Å². The highest BCUT2D eigenvalue weighted by atomic mass is 32.2. The average molecular weight is 199 g/mol. The molecule has 2 saturated carbocycles. The predicted octanol–water partition coefficient (Wildman–Crippen LogP) is 2.93. The quantitative estimate of drug-likeness (QED) is 0.756. The Kier molecular flexibility index (Phi) is 2.63. The van der Waals surface area contributed by atoms with Crippen LogP contribution in [0.3, 0.4) is 0 Å². The fraction of sp³-hybridized carbons (Fsp3) is 1.00. The first-order valence-corrected chi connectivity index (χ1v) is 6.53. The minimum absolute atomic E-state index is 0.189. The second kappa shape index (κ2) is 3.47. The summed E-state index contributed by atoms with van der Waals surface area (Å²) in [5, 5.41) is 0. The van der Waals surface area contributed by atoms with Crippen molar-refractivity contribution in [1.82, 2.24) is 0 Å². The molecule has 2 heteroatoms. The highest BCUT2D eigenvalue weighted by molar-refractivity contribution is 8.01. The first-order valence-electron chi connectivity index (χ1n) is 5.55. The SMILES string of the molecule is CC1(SCC2(N)CCCCC2)CC1. The number of rotatable bonds is 3. The Hall–Kier alpha value is 0.310. The highest BCUT2D eigenvalue weighted by Crippen LogP contribution is 2.49. The van der Waals surface area contributed by atoms with Crippen LogP contribution in [-0.4, -0.2) is 16.0 Å². The largest absolute Gasteiger partial charge is 0.324 e. The maximum absolute atomic E-state index is 6.37.